The number of nitrogens with one attached hydrogen (secondary N) is 1. The summed E-state index contributed by atoms with van der Waals surface area (Å²) in [6, 6.07) is 0. The number of hydrogen-bond acceptors (Lipinski definition) is 4. The SMILES string of the molecule is O=C(CN1CCCC1)N1CCN(C2C=CC=CN2)CC1. The third-order valence-corrected chi connectivity index (χ3v) is 4.39. The van der Waals surface area contributed by atoms with E-state index in [1.807, 2.05) is 17.2 Å². The molecule has 0 spiro atoms. The molecule has 2 saturated heterocycles. The van der Waals surface area contributed by atoms with Gasteiger partial charge in [0.25, 0.3) is 0 Å². The fraction of sp³-hybridized carbons (Fsp3) is 0.667. The van der Waals surface area contributed by atoms with Crippen molar-refractivity contribution in [2.75, 3.05) is 45.8 Å². The van der Waals surface area contributed by atoms with Crippen molar-refractivity contribution in [1.82, 2.24) is 20.0 Å². The molecule has 3 heterocycles. The summed E-state index contributed by atoms with van der Waals surface area (Å²) < 4.78 is 0. The summed E-state index contributed by atoms with van der Waals surface area (Å²) in [4.78, 5) is 19.0. The van der Waals surface area contributed by atoms with Gasteiger partial charge in [-0.3, -0.25) is 14.6 Å². The highest BCUT2D eigenvalue weighted by atomic mass is 16.2. The van der Waals surface area contributed by atoms with E-state index in [2.05, 4.69) is 27.3 Å². The molecule has 1 amide bonds. The van der Waals surface area contributed by atoms with Crippen LogP contribution in [0.4, 0.5) is 0 Å². The van der Waals surface area contributed by atoms with Crippen molar-refractivity contribution in [3.63, 3.8) is 0 Å². The monoisotopic (exact) mass is 276 g/mol. The number of rotatable bonds is 3. The number of carbonyl (C=O) groups excluding carboxylic acids is 1. The van der Waals surface area contributed by atoms with E-state index >= 15 is 0 Å². The van der Waals surface area contributed by atoms with Crippen LogP contribution in [0.2, 0.25) is 0 Å². The van der Waals surface area contributed by atoms with Crippen LogP contribution in [0.25, 0.3) is 0 Å². The molecule has 110 valence electrons. The van der Waals surface area contributed by atoms with E-state index in [0.29, 0.717) is 12.5 Å². The average molecular weight is 276 g/mol. The molecular weight excluding hydrogens is 252 g/mol. The van der Waals surface area contributed by atoms with Gasteiger partial charge in [-0.15, -0.1) is 0 Å². The lowest BCUT2D eigenvalue weighted by Crippen LogP contribution is -2.55. The predicted octanol–water partition coefficient (Wildman–Crippen LogP) is 0.226. The molecule has 2 fully saturated rings. The number of hydrogen-bond donors (Lipinski definition) is 1. The molecular formula is C15H24N4O. The Hall–Kier alpha value is -1.33. The predicted molar refractivity (Wildman–Crippen MR) is 79.0 cm³/mol. The van der Waals surface area contributed by atoms with Gasteiger partial charge in [0.15, 0.2) is 0 Å². The highest BCUT2D eigenvalue weighted by Gasteiger charge is 2.26. The van der Waals surface area contributed by atoms with Gasteiger partial charge in [0, 0.05) is 26.2 Å². The second-order valence-electron chi connectivity index (χ2n) is 5.76. The first kappa shape index (κ1) is 13.6. The Balaban J connectivity index is 1.44. The second kappa shape index (κ2) is 6.41. The van der Waals surface area contributed by atoms with Crippen molar-refractivity contribution in [1.29, 1.82) is 0 Å². The number of likely N-dealkylation sites (tertiary alicyclic amines) is 1. The van der Waals surface area contributed by atoms with Gasteiger partial charge in [0.1, 0.15) is 0 Å². The van der Waals surface area contributed by atoms with Crippen LogP contribution in [-0.4, -0.2) is 72.6 Å². The molecule has 0 aromatic heterocycles. The lowest BCUT2D eigenvalue weighted by atomic mass is 10.2. The molecule has 0 aromatic rings. The number of nitrogens with zero attached hydrogens (tertiary/aromatic N) is 3. The zero-order chi connectivity index (χ0) is 13.8. The van der Waals surface area contributed by atoms with Crippen LogP contribution >= 0.6 is 0 Å². The maximum Gasteiger partial charge on any atom is 0.236 e. The van der Waals surface area contributed by atoms with Crippen molar-refractivity contribution in [2.24, 2.45) is 0 Å². The van der Waals surface area contributed by atoms with Crippen molar-refractivity contribution >= 4 is 5.91 Å². The second-order valence-corrected chi connectivity index (χ2v) is 5.76. The topological polar surface area (TPSA) is 38.8 Å². The summed E-state index contributed by atoms with van der Waals surface area (Å²) in [5.74, 6) is 0.304. The Labute approximate surface area is 120 Å². The van der Waals surface area contributed by atoms with Gasteiger partial charge < -0.3 is 10.2 Å². The van der Waals surface area contributed by atoms with Crippen LogP contribution in [0.5, 0.6) is 0 Å². The maximum atomic E-state index is 12.3. The fourth-order valence-electron chi connectivity index (χ4n) is 3.14. The minimum absolute atomic E-state index is 0.288. The molecule has 0 aromatic carbocycles. The quantitative estimate of drug-likeness (QED) is 0.801. The number of carbonyl (C=O) groups is 1. The maximum absolute atomic E-state index is 12.3. The van der Waals surface area contributed by atoms with Crippen molar-refractivity contribution in [3.05, 3.63) is 24.4 Å². The average Bonchev–Trinajstić information content (AvgIpc) is 3.01. The normalized spacial score (nSPS) is 27.8. The molecule has 5 nitrogen and oxygen atoms in total. The first-order valence-corrected chi connectivity index (χ1v) is 7.66. The van der Waals surface area contributed by atoms with E-state index in [1.54, 1.807) is 0 Å². The lowest BCUT2D eigenvalue weighted by Gasteiger charge is -2.39. The molecule has 0 aliphatic carbocycles. The smallest absolute Gasteiger partial charge is 0.236 e. The van der Waals surface area contributed by atoms with Crippen LogP contribution in [0, 0.1) is 0 Å². The van der Waals surface area contributed by atoms with Crippen LogP contribution in [0.1, 0.15) is 12.8 Å². The van der Waals surface area contributed by atoms with E-state index in [0.717, 1.165) is 39.3 Å². The van der Waals surface area contributed by atoms with Gasteiger partial charge in [-0.05, 0) is 44.3 Å². The van der Waals surface area contributed by atoms with Gasteiger partial charge in [0.2, 0.25) is 5.91 Å². The minimum Gasteiger partial charge on any atom is -0.372 e. The molecule has 5 heteroatoms. The summed E-state index contributed by atoms with van der Waals surface area (Å²) in [5, 5.41) is 3.34. The van der Waals surface area contributed by atoms with Gasteiger partial charge in [-0.25, -0.2) is 0 Å². The highest BCUT2D eigenvalue weighted by Crippen LogP contribution is 2.11. The Morgan fingerprint density at radius 3 is 2.45 bits per heavy atom. The number of amides is 1. The number of dihydropyridines is 1. The Morgan fingerprint density at radius 2 is 1.80 bits per heavy atom. The Kier molecular flexibility index (Phi) is 4.38. The van der Waals surface area contributed by atoms with E-state index in [9.17, 15) is 4.79 Å². The third kappa shape index (κ3) is 3.22. The van der Waals surface area contributed by atoms with Crippen LogP contribution in [-0.2, 0) is 4.79 Å². The summed E-state index contributed by atoms with van der Waals surface area (Å²) in [6.07, 6.45) is 11.0. The summed E-state index contributed by atoms with van der Waals surface area (Å²) in [7, 11) is 0. The minimum atomic E-state index is 0.288. The molecule has 1 atom stereocenters. The van der Waals surface area contributed by atoms with E-state index < -0.39 is 0 Å². The zero-order valence-electron chi connectivity index (χ0n) is 12.0. The molecule has 0 bridgehead atoms. The zero-order valence-corrected chi connectivity index (χ0v) is 12.0. The first-order chi connectivity index (χ1) is 9.83. The van der Waals surface area contributed by atoms with Gasteiger partial charge in [-0.1, -0.05) is 6.08 Å². The molecule has 1 unspecified atom stereocenters. The highest BCUT2D eigenvalue weighted by molar-refractivity contribution is 5.78. The van der Waals surface area contributed by atoms with Crippen molar-refractivity contribution < 1.29 is 4.79 Å². The standard InChI is InChI=1S/C15H24N4O/c20-15(13-17-7-3-4-8-17)19-11-9-18(10-12-19)14-5-1-2-6-16-14/h1-2,5-6,14,16H,3-4,7-13H2. The Bertz CT molecular complexity index is 393. The molecule has 3 aliphatic heterocycles. The molecule has 3 aliphatic rings. The van der Waals surface area contributed by atoms with Crippen molar-refractivity contribution in [2.45, 2.75) is 19.0 Å². The summed E-state index contributed by atoms with van der Waals surface area (Å²) in [6.45, 7) is 6.39. The van der Waals surface area contributed by atoms with Gasteiger partial charge in [-0.2, -0.15) is 0 Å². The number of piperazine rings is 1. The van der Waals surface area contributed by atoms with Gasteiger partial charge >= 0.3 is 0 Å². The van der Waals surface area contributed by atoms with Crippen LogP contribution < -0.4 is 5.32 Å². The molecule has 3 rings (SSSR count). The largest absolute Gasteiger partial charge is 0.372 e. The van der Waals surface area contributed by atoms with E-state index in [1.165, 1.54) is 12.8 Å². The van der Waals surface area contributed by atoms with E-state index in [-0.39, 0.29) is 6.17 Å². The van der Waals surface area contributed by atoms with Gasteiger partial charge in [0.05, 0.1) is 12.7 Å². The first-order valence-electron chi connectivity index (χ1n) is 7.66. The Morgan fingerprint density at radius 1 is 1.05 bits per heavy atom. The third-order valence-electron chi connectivity index (χ3n) is 4.39. The van der Waals surface area contributed by atoms with E-state index in [4.69, 9.17) is 0 Å². The van der Waals surface area contributed by atoms with Crippen LogP contribution in [0.15, 0.2) is 24.4 Å². The summed E-state index contributed by atoms with van der Waals surface area (Å²) in [5.41, 5.74) is 0. The molecule has 20 heavy (non-hydrogen) atoms. The molecule has 1 N–H and O–H groups in total. The fourth-order valence-corrected chi connectivity index (χ4v) is 3.14. The number of allylic oxidation sites excluding steroid dienone is 2. The molecule has 0 saturated carbocycles. The lowest BCUT2D eigenvalue weighted by molar-refractivity contribution is -0.134. The molecule has 0 radical (unpaired) electrons. The summed E-state index contributed by atoms with van der Waals surface area (Å²) >= 11 is 0. The van der Waals surface area contributed by atoms with Crippen LogP contribution in [0.3, 0.4) is 0 Å². The van der Waals surface area contributed by atoms with Crippen molar-refractivity contribution in [3.8, 4) is 0 Å².